The predicted molar refractivity (Wildman–Crippen MR) is 68.2 cm³/mol. The Morgan fingerprint density at radius 2 is 2.25 bits per heavy atom. The van der Waals surface area contributed by atoms with Crippen molar-refractivity contribution in [3.8, 4) is 10.8 Å². The molecule has 20 heavy (non-hydrogen) atoms. The number of nitrogens with zero attached hydrogens (tertiary/aromatic N) is 2. The quantitative estimate of drug-likeness (QED) is 0.923. The van der Waals surface area contributed by atoms with Crippen LogP contribution in [-0.2, 0) is 6.54 Å². The van der Waals surface area contributed by atoms with E-state index in [9.17, 15) is 13.2 Å². The van der Waals surface area contributed by atoms with Gasteiger partial charge in [-0.2, -0.15) is 13.2 Å². The smallest absolute Gasteiger partial charge is 0.415 e. The minimum Gasteiger partial charge on any atom is -0.462 e. The number of halogens is 3. The second kappa shape index (κ2) is 5.94. The van der Waals surface area contributed by atoms with E-state index in [2.05, 4.69) is 4.98 Å². The van der Waals surface area contributed by atoms with Crippen LogP contribution in [0.4, 0.5) is 13.2 Å². The van der Waals surface area contributed by atoms with Crippen LogP contribution in [0.5, 0.6) is 0 Å². The van der Waals surface area contributed by atoms with Crippen LogP contribution in [0.15, 0.2) is 28.2 Å². The van der Waals surface area contributed by atoms with Crippen LogP contribution < -0.4 is 0 Å². The first kappa shape index (κ1) is 15.0. The molecule has 0 bridgehead atoms. The van der Waals surface area contributed by atoms with Crippen molar-refractivity contribution in [1.82, 2.24) is 9.88 Å². The average molecular weight is 306 g/mol. The molecule has 0 saturated heterocycles. The van der Waals surface area contributed by atoms with Crippen LogP contribution >= 0.6 is 11.3 Å². The fraction of sp³-hybridized carbons (Fsp3) is 0.417. The molecule has 4 nitrogen and oxygen atoms in total. The summed E-state index contributed by atoms with van der Waals surface area (Å²) in [5.41, 5.74) is 0.637. The topological polar surface area (TPSA) is 49.5 Å². The van der Waals surface area contributed by atoms with Gasteiger partial charge in [-0.15, -0.1) is 11.3 Å². The van der Waals surface area contributed by atoms with Crippen molar-refractivity contribution in [2.75, 3.05) is 13.6 Å². The zero-order valence-electron chi connectivity index (χ0n) is 10.6. The maximum absolute atomic E-state index is 12.2. The van der Waals surface area contributed by atoms with E-state index in [0.29, 0.717) is 16.5 Å². The monoisotopic (exact) mass is 306 g/mol. The minimum atomic E-state index is -4.60. The molecule has 2 aromatic heterocycles. The standard InChI is InChI=1S/C12H13F3N2O2S/c1-17(6-10(18)12(13,14)15)5-8-7-20-11(16-8)9-3-2-4-19-9/h2-4,7,10,18H,5-6H2,1H3. The van der Waals surface area contributed by atoms with E-state index in [-0.39, 0.29) is 6.54 Å². The van der Waals surface area contributed by atoms with Gasteiger partial charge in [-0.25, -0.2) is 4.98 Å². The summed E-state index contributed by atoms with van der Waals surface area (Å²) in [7, 11) is 1.50. The summed E-state index contributed by atoms with van der Waals surface area (Å²) in [5, 5.41) is 11.4. The molecule has 0 aromatic carbocycles. The highest BCUT2D eigenvalue weighted by Gasteiger charge is 2.38. The fourth-order valence-electron chi connectivity index (χ4n) is 1.63. The SMILES string of the molecule is CN(Cc1csc(-c2ccco2)n1)CC(O)C(F)(F)F. The summed E-state index contributed by atoms with van der Waals surface area (Å²) < 4.78 is 41.9. The molecule has 2 heterocycles. The van der Waals surface area contributed by atoms with Gasteiger partial charge >= 0.3 is 6.18 Å². The number of alkyl halides is 3. The molecule has 1 unspecified atom stereocenters. The first-order chi connectivity index (χ1) is 9.36. The van der Waals surface area contributed by atoms with Crippen molar-refractivity contribution in [3.63, 3.8) is 0 Å². The van der Waals surface area contributed by atoms with Crippen molar-refractivity contribution >= 4 is 11.3 Å². The third-order valence-electron chi connectivity index (χ3n) is 2.58. The Kier molecular flexibility index (Phi) is 4.46. The van der Waals surface area contributed by atoms with E-state index < -0.39 is 18.8 Å². The number of thiazole rings is 1. The van der Waals surface area contributed by atoms with Crippen LogP contribution in [0.3, 0.4) is 0 Å². The lowest BCUT2D eigenvalue weighted by Gasteiger charge is -2.21. The largest absolute Gasteiger partial charge is 0.462 e. The van der Waals surface area contributed by atoms with E-state index in [4.69, 9.17) is 9.52 Å². The number of aliphatic hydroxyl groups is 1. The molecule has 0 aliphatic rings. The van der Waals surface area contributed by atoms with Crippen LogP contribution in [0.25, 0.3) is 10.8 Å². The lowest BCUT2D eigenvalue weighted by Crippen LogP contribution is -2.39. The normalized spacial score (nSPS) is 13.9. The lowest BCUT2D eigenvalue weighted by molar-refractivity contribution is -0.207. The molecule has 0 saturated carbocycles. The van der Waals surface area contributed by atoms with Crippen LogP contribution in [0, 0.1) is 0 Å². The summed E-state index contributed by atoms with van der Waals surface area (Å²) in [5.74, 6) is 0.624. The maximum Gasteiger partial charge on any atom is 0.415 e. The van der Waals surface area contributed by atoms with Gasteiger partial charge in [0.05, 0.1) is 12.0 Å². The Morgan fingerprint density at radius 3 is 2.85 bits per heavy atom. The van der Waals surface area contributed by atoms with Crippen LogP contribution in [-0.4, -0.2) is 40.9 Å². The summed E-state index contributed by atoms with van der Waals surface area (Å²) in [4.78, 5) is 5.66. The third kappa shape index (κ3) is 3.81. The molecule has 0 radical (unpaired) electrons. The number of hydrogen-bond acceptors (Lipinski definition) is 5. The molecule has 110 valence electrons. The van der Waals surface area contributed by atoms with Crippen LogP contribution in [0.1, 0.15) is 5.69 Å². The molecule has 2 aromatic rings. The lowest BCUT2D eigenvalue weighted by atomic mass is 10.3. The summed E-state index contributed by atoms with van der Waals surface area (Å²) in [6.45, 7) is -0.262. The van der Waals surface area contributed by atoms with Crippen molar-refractivity contribution in [2.24, 2.45) is 0 Å². The number of furan rings is 1. The Morgan fingerprint density at radius 1 is 1.50 bits per heavy atom. The van der Waals surface area contributed by atoms with E-state index in [1.165, 1.54) is 29.5 Å². The molecule has 0 fully saturated rings. The molecule has 0 aliphatic carbocycles. The third-order valence-corrected chi connectivity index (χ3v) is 3.48. The molecule has 0 aliphatic heterocycles. The van der Waals surface area contributed by atoms with Gasteiger partial charge in [0, 0.05) is 18.5 Å². The fourth-order valence-corrected chi connectivity index (χ4v) is 2.41. The number of aromatic nitrogens is 1. The average Bonchev–Trinajstić information content (AvgIpc) is 2.96. The molecule has 0 spiro atoms. The summed E-state index contributed by atoms with van der Waals surface area (Å²) in [6, 6.07) is 3.50. The van der Waals surface area contributed by atoms with Crippen molar-refractivity contribution < 1.29 is 22.7 Å². The van der Waals surface area contributed by atoms with Crippen molar-refractivity contribution in [1.29, 1.82) is 0 Å². The van der Waals surface area contributed by atoms with Gasteiger partial charge < -0.3 is 9.52 Å². The van der Waals surface area contributed by atoms with E-state index in [1.54, 1.807) is 17.5 Å². The molecule has 1 N–H and O–H groups in total. The van der Waals surface area contributed by atoms with Gasteiger partial charge in [-0.1, -0.05) is 0 Å². The number of rotatable bonds is 5. The summed E-state index contributed by atoms with van der Waals surface area (Å²) >= 11 is 1.36. The number of aliphatic hydroxyl groups excluding tert-OH is 1. The van der Waals surface area contributed by atoms with Gasteiger partial charge in [0.15, 0.2) is 16.9 Å². The van der Waals surface area contributed by atoms with Crippen LogP contribution in [0.2, 0.25) is 0 Å². The molecule has 1 atom stereocenters. The Labute approximate surface area is 117 Å². The number of hydrogen-bond donors (Lipinski definition) is 1. The van der Waals surface area contributed by atoms with Gasteiger partial charge in [0.2, 0.25) is 0 Å². The zero-order chi connectivity index (χ0) is 14.8. The maximum atomic E-state index is 12.2. The highest BCUT2D eigenvalue weighted by molar-refractivity contribution is 7.13. The highest BCUT2D eigenvalue weighted by atomic mass is 32.1. The first-order valence-corrected chi connectivity index (χ1v) is 6.66. The van der Waals surface area contributed by atoms with E-state index in [0.717, 1.165) is 0 Å². The Balaban J connectivity index is 1.94. The van der Waals surface area contributed by atoms with Gasteiger partial charge in [0.1, 0.15) is 0 Å². The molecule has 0 amide bonds. The van der Waals surface area contributed by atoms with E-state index in [1.807, 2.05) is 0 Å². The highest BCUT2D eigenvalue weighted by Crippen LogP contribution is 2.25. The van der Waals surface area contributed by atoms with Gasteiger partial charge in [-0.3, -0.25) is 4.90 Å². The van der Waals surface area contributed by atoms with Gasteiger partial charge in [-0.05, 0) is 19.2 Å². The van der Waals surface area contributed by atoms with Crippen molar-refractivity contribution in [3.05, 3.63) is 29.5 Å². The molecule has 8 heteroatoms. The summed E-state index contributed by atoms with van der Waals surface area (Å²) in [6.07, 6.45) is -5.42. The number of likely N-dealkylation sites (N-methyl/N-ethyl adjacent to an activating group) is 1. The Hall–Kier alpha value is -1.38. The molecular formula is C12H13F3N2O2S. The molecule has 2 rings (SSSR count). The zero-order valence-corrected chi connectivity index (χ0v) is 11.4. The first-order valence-electron chi connectivity index (χ1n) is 5.78. The van der Waals surface area contributed by atoms with Gasteiger partial charge in [0.25, 0.3) is 0 Å². The second-order valence-corrected chi connectivity index (χ2v) is 5.23. The van der Waals surface area contributed by atoms with E-state index >= 15 is 0 Å². The Bertz CT molecular complexity index is 539. The molecular weight excluding hydrogens is 293 g/mol. The minimum absolute atomic E-state index is 0.227. The predicted octanol–water partition coefficient (Wildman–Crippen LogP) is 2.76. The van der Waals surface area contributed by atoms with Crippen molar-refractivity contribution in [2.45, 2.75) is 18.8 Å². The second-order valence-electron chi connectivity index (χ2n) is 4.38.